The van der Waals surface area contributed by atoms with Crippen LogP contribution in [0.25, 0.3) is 5.76 Å². The van der Waals surface area contributed by atoms with Crippen LogP contribution in [0.5, 0.6) is 0 Å². The molecule has 4 rings (SSSR count). The first-order chi connectivity index (χ1) is 14.9. The van der Waals surface area contributed by atoms with Gasteiger partial charge in [-0.15, -0.1) is 0 Å². The summed E-state index contributed by atoms with van der Waals surface area (Å²) in [6.45, 7) is 0. The Morgan fingerprint density at radius 1 is 0.839 bits per heavy atom. The summed E-state index contributed by atoms with van der Waals surface area (Å²) < 4.78 is 0.809. The lowest BCUT2D eigenvalue weighted by Gasteiger charge is -2.25. The molecule has 0 aromatic heterocycles. The van der Waals surface area contributed by atoms with E-state index in [1.807, 2.05) is 0 Å². The summed E-state index contributed by atoms with van der Waals surface area (Å²) >= 11 is 3.37. The Labute approximate surface area is 186 Å². The second kappa shape index (κ2) is 8.20. The average Bonchev–Trinajstić information content (AvgIpc) is 3.05. The minimum atomic E-state index is -1.15. The van der Waals surface area contributed by atoms with Gasteiger partial charge in [-0.25, -0.2) is 4.79 Å². The van der Waals surface area contributed by atoms with Crippen LogP contribution in [0.4, 0.5) is 5.69 Å². The number of Topliss-reactive ketones (excluding diaryl/α,β-unsaturated/α-hetero) is 1. The number of benzene rings is 3. The fourth-order valence-corrected chi connectivity index (χ4v) is 3.86. The fourth-order valence-electron chi connectivity index (χ4n) is 3.60. The molecule has 0 aliphatic carbocycles. The number of carboxylic acid groups (broad SMARTS) is 1. The van der Waals surface area contributed by atoms with E-state index in [0.717, 1.165) is 4.47 Å². The van der Waals surface area contributed by atoms with Gasteiger partial charge in [0.2, 0.25) is 0 Å². The summed E-state index contributed by atoms with van der Waals surface area (Å²) in [6, 6.07) is 20.4. The summed E-state index contributed by atoms with van der Waals surface area (Å²) in [5.41, 5.74) is 1.18. The zero-order valence-corrected chi connectivity index (χ0v) is 17.6. The van der Waals surface area contributed by atoms with Crippen molar-refractivity contribution in [2.75, 3.05) is 4.90 Å². The average molecular weight is 478 g/mol. The Kier molecular flexibility index (Phi) is 5.44. The van der Waals surface area contributed by atoms with Gasteiger partial charge in [-0.2, -0.15) is 0 Å². The van der Waals surface area contributed by atoms with Gasteiger partial charge in [0, 0.05) is 15.7 Å². The standard InChI is InChI=1S/C24H16BrNO5/c25-17-11-9-14(10-12-17)20-19(21(27)15-5-2-1-3-6-15)22(28)23(29)26(20)18-8-4-7-16(13-18)24(30)31/h1-13,20,27H,(H,30,31)/b21-19+. The summed E-state index contributed by atoms with van der Waals surface area (Å²) in [7, 11) is 0. The molecule has 1 amide bonds. The van der Waals surface area contributed by atoms with Crippen molar-refractivity contribution in [3.05, 3.63) is 106 Å². The van der Waals surface area contributed by atoms with Crippen LogP contribution < -0.4 is 4.90 Å². The van der Waals surface area contributed by atoms with Gasteiger partial charge in [-0.3, -0.25) is 14.5 Å². The number of anilines is 1. The number of ketones is 1. The number of halogens is 1. The normalized spacial score (nSPS) is 17.7. The van der Waals surface area contributed by atoms with Crippen LogP contribution in [0.15, 0.2) is 88.9 Å². The number of carbonyl (C=O) groups excluding carboxylic acids is 2. The van der Waals surface area contributed by atoms with E-state index in [2.05, 4.69) is 15.9 Å². The van der Waals surface area contributed by atoms with Gasteiger partial charge in [0.05, 0.1) is 17.2 Å². The van der Waals surface area contributed by atoms with Crippen LogP contribution >= 0.6 is 15.9 Å². The van der Waals surface area contributed by atoms with Crippen LogP contribution in [0.3, 0.4) is 0 Å². The lowest BCUT2D eigenvalue weighted by atomic mass is 9.95. The summed E-state index contributed by atoms with van der Waals surface area (Å²) in [4.78, 5) is 38.8. The van der Waals surface area contributed by atoms with E-state index in [4.69, 9.17) is 0 Å². The predicted molar refractivity (Wildman–Crippen MR) is 119 cm³/mol. The third-order valence-electron chi connectivity index (χ3n) is 5.05. The SMILES string of the molecule is O=C1C(=O)N(c2cccc(C(=O)O)c2)C(c2ccc(Br)cc2)/C1=C(\O)c1ccccc1. The monoisotopic (exact) mass is 477 g/mol. The number of carbonyl (C=O) groups is 3. The lowest BCUT2D eigenvalue weighted by Crippen LogP contribution is -2.29. The first-order valence-electron chi connectivity index (χ1n) is 9.33. The van der Waals surface area contributed by atoms with Crippen molar-refractivity contribution in [1.82, 2.24) is 0 Å². The second-order valence-electron chi connectivity index (χ2n) is 6.94. The molecule has 31 heavy (non-hydrogen) atoms. The molecule has 6 nitrogen and oxygen atoms in total. The third kappa shape index (κ3) is 3.75. The molecule has 1 fully saturated rings. The number of aromatic carboxylic acids is 1. The van der Waals surface area contributed by atoms with Crippen LogP contribution in [-0.2, 0) is 9.59 Å². The fraction of sp³-hybridized carbons (Fsp3) is 0.0417. The van der Waals surface area contributed by atoms with Crippen molar-refractivity contribution in [1.29, 1.82) is 0 Å². The molecule has 1 saturated heterocycles. The largest absolute Gasteiger partial charge is 0.507 e. The molecule has 1 atom stereocenters. The Morgan fingerprint density at radius 3 is 2.13 bits per heavy atom. The maximum atomic E-state index is 13.1. The van der Waals surface area contributed by atoms with Crippen molar-refractivity contribution in [2.45, 2.75) is 6.04 Å². The van der Waals surface area contributed by atoms with Crippen molar-refractivity contribution in [2.24, 2.45) is 0 Å². The number of amides is 1. The number of hydrogen-bond donors (Lipinski definition) is 2. The highest BCUT2D eigenvalue weighted by atomic mass is 79.9. The minimum Gasteiger partial charge on any atom is -0.507 e. The number of aliphatic hydroxyl groups excluding tert-OH is 1. The predicted octanol–water partition coefficient (Wildman–Crippen LogP) is 4.77. The van der Waals surface area contributed by atoms with Gasteiger partial charge < -0.3 is 10.2 Å². The first kappa shape index (κ1) is 20.6. The number of aliphatic hydroxyl groups is 1. The number of nitrogens with zero attached hydrogens (tertiary/aromatic N) is 1. The Morgan fingerprint density at radius 2 is 1.48 bits per heavy atom. The van der Waals surface area contributed by atoms with E-state index in [-0.39, 0.29) is 22.6 Å². The molecule has 3 aromatic carbocycles. The molecule has 3 aromatic rings. The molecule has 7 heteroatoms. The molecule has 0 spiro atoms. The quantitative estimate of drug-likeness (QED) is 0.320. The van der Waals surface area contributed by atoms with Gasteiger partial charge in [0.1, 0.15) is 5.76 Å². The molecule has 0 bridgehead atoms. The van der Waals surface area contributed by atoms with E-state index >= 15 is 0 Å². The number of carboxylic acids is 1. The molecule has 2 N–H and O–H groups in total. The van der Waals surface area contributed by atoms with Crippen molar-refractivity contribution < 1.29 is 24.6 Å². The summed E-state index contributed by atoms with van der Waals surface area (Å²) in [5.74, 6) is -3.12. The molecule has 154 valence electrons. The van der Waals surface area contributed by atoms with Gasteiger partial charge in [0.15, 0.2) is 0 Å². The molecule has 1 unspecified atom stereocenters. The molecular weight excluding hydrogens is 462 g/mol. The van der Waals surface area contributed by atoms with Gasteiger partial charge in [-0.1, -0.05) is 64.5 Å². The highest BCUT2D eigenvalue weighted by molar-refractivity contribution is 9.10. The van der Waals surface area contributed by atoms with Gasteiger partial charge in [0.25, 0.3) is 11.7 Å². The Hall–Kier alpha value is -3.71. The van der Waals surface area contributed by atoms with Crippen molar-refractivity contribution in [3.8, 4) is 0 Å². The Bertz CT molecular complexity index is 1220. The molecule has 0 radical (unpaired) electrons. The highest BCUT2D eigenvalue weighted by Gasteiger charge is 2.47. The smallest absolute Gasteiger partial charge is 0.335 e. The van der Waals surface area contributed by atoms with E-state index in [1.165, 1.54) is 23.1 Å². The van der Waals surface area contributed by atoms with E-state index in [1.54, 1.807) is 60.7 Å². The number of hydrogen-bond acceptors (Lipinski definition) is 4. The van der Waals surface area contributed by atoms with E-state index in [0.29, 0.717) is 11.1 Å². The second-order valence-corrected chi connectivity index (χ2v) is 7.86. The molecule has 1 heterocycles. The minimum absolute atomic E-state index is 0.0167. The molecule has 0 saturated carbocycles. The van der Waals surface area contributed by atoms with Crippen LogP contribution in [0.2, 0.25) is 0 Å². The zero-order valence-electron chi connectivity index (χ0n) is 16.0. The van der Waals surface area contributed by atoms with E-state index < -0.39 is 23.7 Å². The lowest BCUT2D eigenvalue weighted by molar-refractivity contribution is -0.132. The van der Waals surface area contributed by atoms with Crippen molar-refractivity contribution in [3.63, 3.8) is 0 Å². The summed E-state index contributed by atoms with van der Waals surface area (Å²) in [5, 5.41) is 20.3. The van der Waals surface area contributed by atoms with Crippen LogP contribution in [0, 0.1) is 0 Å². The highest BCUT2D eigenvalue weighted by Crippen LogP contribution is 2.42. The van der Waals surface area contributed by atoms with Gasteiger partial charge >= 0.3 is 5.97 Å². The molecular formula is C24H16BrNO5. The summed E-state index contributed by atoms with van der Waals surface area (Å²) in [6.07, 6.45) is 0. The van der Waals surface area contributed by atoms with Gasteiger partial charge in [-0.05, 0) is 35.9 Å². The molecule has 1 aliphatic heterocycles. The number of rotatable bonds is 4. The maximum Gasteiger partial charge on any atom is 0.335 e. The maximum absolute atomic E-state index is 13.1. The van der Waals surface area contributed by atoms with E-state index in [9.17, 15) is 24.6 Å². The van der Waals surface area contributed by atoms with Crippen molar-refractivity contribution >= 4 is 45.0 Å². The topological polar surface area (TPSA) is 94.9 Å². The zero-order chi connectivity index (χ0) is 22.1. The Balaban J connectivity index is 1.95. The first-order valence-corrected chi connectivity index (χ1v) is 10.1. The third-order valence-corrected chi connectivity index (χ3v) is 5.58. The van der Waals surface area contributed by atoms with Crippen LogP contribution in [-0.4, -0.2) is 27.9 Å². The van der Waals surface area contributed by atoms with Crippen LogP contribution in [0.1, 0.15) is 27.5 Å². The molecule has 1 aliphatic rings.